The van der Waals surface area contributed by atoms with Crippen molar-refractivity contribution in [2.24, 2.45) is 0 Å². The lowest BCUT2D eigenvalue weighted by Gasteiger charge is -2.26. The molecule has 5 aromatic rings. The second-order valence-corrected chi connectivity index (χ2v) is 18.6. The smallest absolute Gasteiger partial charge is 0.163 e. The number of halogens is 1. The molecule has 6 rings (SSSR count). The molecule has 3 aromatic carbocycles. The first-order valence-electron chi connectivity index (χ1n) is 25.6. The van der Waals surface area contributed by atoms with Gasteiger partial charge < -0.3 is 38.3 Å². The van der Waals surface area contributed by atoms with E-state index in [0.717, 1.165) is 89.3 Å². The molecule has 0 unspecified atom stereocenters. The van der Waals surface area contributed by atoms with Gasteiger partial charge in [0, 0.05) is 61.9 Å². The van der Waals surface area contributed by atoms with Crippen molar-refractivity contribution >= 4 is 17.4 Å². The monoisotopic (exact) mass is 972 g/mol. The lowest BCUT2D eigenvalue weighted by Crippen LogP contribution is -2.36. The molecule has 0 amide bonds. The quantitative estimate of drug-likeness (QED) is 0.0352. The second kappa shape index (κ2) is 33.5. The predicted octanol–water partition coefficient (Wildman–Crippen LogP) is 13.2. The van der Waals surface area contributed by atoms with Gasteiger partial charge in [0.2, 0.25) is 0 Å². The zero-order valence-electron chi connectivity index (χ0n) is 42.4. The number of phenolic OH excluding ortho intramolecular Hbond substituents is 2. The van der Waals surface area contributed by atoms with Crippen LogP contribution in [0.15, 0.2) is 85.5 Å². The van der Waals surface area contributed by atoms with Crippen LogP contribution in [0.4, 0.5) is 0 Å². The van der Waals surface area contributed by atoms with Crippen LogP contribution in [0, 0.1) is 13.8 Å². The van der Waals surface area contributed by atoms with Crippen molar-refractivity contribution in [1.82, 2.24) is 24.0 Å². The molecule has 2 N–H and O–H groups in total. The van der Waals surface area contributed by atoms with Crippen LogP contribution in [-0.2, 0) is 17.8 Å². The summed E-state index contributed by atoms with van der Waals surface area (Å²) < 4.78 is 26.8. The molecule has 0 aliphatic carbocycles. The summed E-state index contributed by atoms with van der Waals surface area (Å²) in [7, 11) is 0. The van der Waals surface area contributed by atoms with Gasteiger partial charge in [-0.25, -0.2) is 9.97 Å². The van der Waals surface area contributed by atoms with Crippen molar-refractivity contribution in [3.63, 3.8) is 0 Å². The minimum Gasteiger partial charge on any atom is -0.504 e. The molecule has 1 aliphatic heterocycles. The van der Waals surface area contributed by atoms with E-state index in [4.69, 9.17) is 30.5 Å². The largest absolute Gasteiger partial charge is 0.504 e. The summed E-state index contributed by atoms with van der Waals surface area (Å²) in [6.45, 7) is 19.1. The number of rotatable bonds is 29. The highest BCUT2D eigenvalue weighted by atomic mass is 35.5. The van der Waals surface area contributed by atoms with Crippen LogP contribution in [-0.4, -0.2) is 92.7 Å². The van der Waals surface area contributed by atoms with E-state index in [1.165, 1.54) is 70.2 Å². The summed E-state index contributed by atoms with van der Waals surface area (Å²) in [6.07, 6.45) is 25.4. The Labute approximate surface area is 418 Å². The number of imidazole rings is 2. The molecular formula is C56H82ClN5O7. The highest BCUT2D eigenvalue weighted by Crippen LogP contribution is 2.28. The Kier molecular flexibility index (Phi) is 27.4. The fraction of sp³-hybridized carbons (Fsp3) is 0.554. The Morgan fingerprint density at radius 3 is 1.61 bits per heavy atom. The molecule has 1 fully saturated rings. The van der Waals surface area contributed by atoms with Crippen molar-refractivity contribution in [3.05, 3.63) is 113 Å². The lowest BCUT2D eigenvalue weighted by atomic mass is 10.1. The minimum atomic E-state index is -0.0119. The van der Waals surface area contributed by atoms with Gasteiger partial charge in [-0.2, -0.15) is 0 Å². The lowest BCUT2D eigenvalue weighted by molar-refractivity contribution is 0.0371. The third kappa shape index (κ3) is 22.5. The first-order chi connectivity index (χ1) is 33.5. The maximum absolute atomic E-state index is 11.7. The van der Waals surface area contributed by atoms with E-state index in [1.807, 2.05) is 50.6 Å². The molecule has 0 atom stereocenters. The average Bonchev–Trinajstić information content (AvgIpc) is 4.00. The number of aromatic hydroxyl groups is 2. The van der Waals surface area contributed by atoms with Gasteiger partial charge in [-0.1, -0.05) is 108 Å². The number of hydrogen-bond acceptors (Lipinski definition) is 10. The molecule has 69 heavy (non-hydrogen) atoms. The van der Waals surface area contributed by atoms with Crippen LogP contribution in [0.25, 0.3) is 0 Å². The van der Waals surface area contributed by atoms with Crippen LogP contribution in [0.1, 0.15) is 151 Å². The number of hydrogen-bond donors (Lipinski definition) is 2. The van der Waals surface area contributed by atoms with Crippen molar-refractivity contribution in [3.8, 4) is 28.7 Å². The number of aromatic nitrogens is 4. The molecule has 12 nitrogen and oxygen atoms in total. The summed E-state index contributed by atoms with van der Waals surface area (Å²) in [6, 6.07) is 17.8. The molecule has 1 aliphatic rings. The zero-order valence-corrected chi connectivity index (χ0v) is 43.1. The van der Waals surface area contributed by atoms with Gasteiger partial charge in [-0.15, -0.1) is 0 Å². The van der Waals surface area contributed by atoms with Gasteiger partial charge in [-0.3, -0.25) is 9.69 Å². The van der Waals surface area contributed by atoms with Crippen molar-refractivity contribution < 1.29 is 34.0 Å². The van der Waals surface area contributed by atoms with E-state index in [9.17, 15) is 15.0 Å². The van der Waals surface area contributed by atoms with Crippen molar-refractivity contribution in [1.29, 1.82) is 0 Å². The van der Waals surface area contributed by atoms with Crippen LogP contribution in [0.2, 0.25) is 5.02 Å². The molecule has 1 saturated heterocycles. The number of unbranched alkanes of at least 4 members (excludes halogenated alkanes) is 12. The number of benzene rings is 3. The van der Waals surface area contributed by atoms with Gasteiger partial charge >= 0.3 is 0 Å². The van der Waals surface area contributed by atoms with E-state index in [1.54, 1.807) is 49.4 Å². The fourth-order valence-corrected chi connectivity index (χ4v) is 8.19. The number of Topliss-reactive ketones (excluding diaryl/α,β-unsaturated/α-hetero) is 1. The molecule has 0 bridgehead atoms. The number of carbonyl (C=O) groups is 1. The summed E-state index contributed by atoms with van der Waals surface area (Å²) in [5.41, 5.74) is 1.51. The molecule has 380 valence electrons. The zero-order chi connectivity index (χ0) is 49.5. The van der Waals surface area contributed by atoms with Crippen LogP contribution in [0.3, 0.4) is 0 Å². The van der Waals surface area contributed by atoms with E-state index in [-0.39, 0.29) is 17.3 Å². The summed E-state index contributed by atoms with van der Waals surface area (Å²) >= 11 is 6.11. The number of morpholine rings is 1. The SMILES string of the molecule is CC(=O)c1cc(Cl)c(C)cc1OCCCCCCCCN1CCOCC1.CC(C)c1nccn1CCCCCCCOc1ccccc1O.Cc1nccn1CCCCCCOc1ccccc1O. The Hall–Kier alpha value is -5.04. The minimum absolute atomic E-state index is 0.0119. The number of ether oxygens (including phenoxy) is 4. The second-order valence-electron chi connectivity index (χ2n) is 18.2. The fourth-order valence-electron chi connectivity index (χ4n) is 8.03. The van der Waals surface area contributed by atoms with Crippen molar-refractivity contribution in [2.45, 2.75) is 150 Å². The maximum Gasteiger partial charge on any atom is 0.163 e. The average molecular weight is 973 g/mol. The Balaban J connectivity index is 0.000000227. The summed E-state index contributed by atoms with van der Waals surface area (Å²) in [5, 5.41) is 19.8. The van der Waals surface area contributed by atoms with E-state index < -0.39 is 0 Å². The number of nitrogens with zero attached hydrogens (tertiary/aromatic N) is 5. The Bertz CT molecular complexity index is 2150. The summed E-state index contributed by atoms with van der Waals surface area (Å²) in [4.78, 5) is 22.9. The predicted molar refractivity (Wildman–Crippen MR) is 279 cm³/mol. The van der Waals surface area contributed by atoms with Gasteiger partial charge in [-0.05, 0) is 108 Å². The maximum atomic E-state index is 11.7. The van der Waals surface area contributed by atoms with Crippen LogP contribution >= 0.6 is 11.6 Å². The molecule has 2 aromatic heterocycles. The van der Waals surface area contributed by atoms with Gasteiger partial charge in [0.05, 0.1) is 38.6 Å². The normalized spacial score (nSPS) is 12.5. The van der Waals surface area contributed by atoms with E-state index >= 15 is 0 Å². The third-order valence-corrected chi connectivity index (χ3v) is 12.5. The molecule has 0 spiro atoms. The highest BCUT2D eigenvalue weighted by Gasteiger charge is 2.13. The van der Waals surface area contributed by atoms with Gasteiger partial charge in [0.25, 0.3) is 0 Å². The van der Waals surface area contributed by atoms with E-state index in [2.05, 4.69) is 44.0 Å². The van der Waals surface area contributed by atoms with E-state index in [0.29, 0.717) is 53.6 Å². The topological polar surface area (TPSA) is 133 Å². The first kappa shape index (κ1) is 56.5. The summed E-state index contributed by atoms with van der Waals surface area (Å²) in [5.74, 6) is 4.96. The third-order valence-electron chi connectivity index (χ3n) is 12.1. The van der Waals surface area contributed by atoms with Crippen LogP contribution < -0.4 is 14.2 Å². The van der Waals surface area contributed by atoms with Crippen molar-refractivity contribution in [2.75, 3.05) is 52.7 Å². The number of ketones is 1. The first-order valence-corrected chi connectivity index (χ1v) is 26.0. The molecular weight excluding hydrogens is 890 g/mol. The molecule has 3 heterocycles. The van der Waals surface area contributed by atoms with Gasteiger partial charge in [0.1, 0.15) is 17.4 Å². The molecule has 13 heteroatoms. The Morgan fingerprint density at radius 1 is 0.638 bits per heavy atom. The van der Waals surface area contributed by atoms with Gasteiger partial charge in [0.15, 0.2) is 28.8 Å². The molecule has 0 saturated carbocycles. The number of aryl methyl sites for hydroxylation is 4. The highest BCUT2D eigenvalue weighted by molar-refractivity contribution is 6.31. The number of phenols is 2. The number of para-hydroxylation sites is 4. The standard InChI is InChI=1S/C21H32ClNO3.C19H28N2O2.C16H22N2O2/c1-17-15-21(19(18(2)24)16-20(17)22)26-12-8-6-4-3-5-7-9-23-10-13-25-14-11-23;1-16(2)19-20-12-14-21(19)13-8-4-3-5-9-15-23-18-11-7-6-10-17(18)22;1-14-17-10-12-18(14)11-6-2-3-7-13-20-16-9-5-4-8-15(16)19/h15-16H,3-14H2,1-2H3;6-7,10-12,14,16,22H,3-5,8-9,13,15H2,1-2H3;4-5,8-10,12,19H,2-3,6-7,11,13H2,1H3. The number of carbonyl (C=O) groups excluding carboxylic acids is 1. The Morgan fingerprint density at radius 2 is 1.10 bits per heavy atom. The van der Waals surface area contributed by atoms with Crippen LogP contribution in [0.5, 0.6) is 28.7 Å². The molecule has 0 radical (unpaired) electrons.